The first-order valence-corrected chi connectivity index (χ1v) is 8.86. The number of nitrogens with one attached hydrogen (secondary N) is 1. The van der Waals surface area contributed by atoms with Crippen LogP contribution in [0.15, 0.2) is 45.0 Å². The van der Waals surface area contributed by atoms with Crippen LogP contribution in [0.3, 0.4) is 0 Å². The van der Waals surface area contributed by atoms with Crippen LogP contribution < -0.4 is 10.8 Å². The van der Waals surface area contributed by atoms with Gasteiger partial charge >= 0.3 is 0 Å². The van der Waals surface area contributed by atoms with Crippen molar-refractivity contribution in [1.82, 2.24) is 0 Å². The highest BCUT2D eigenvalue weighted by Crippen LogP contribution is 2.26. The van der Waals surface area contributed by atoms with Crippen LogP contribution in [0.5, 0.6) is 0 Å². The van der Waals surface area contributed by atoms with Crippen LogP contribution in [-0.2, 0) is 16.3 Å². The molecule has 1 aromatic carbocycles. The van der Waals surface area contributed by atoms with E-state index in [0.717, 1.165) is 11.3 Å². The Kier molecular flexibility index (Phi) is 3.54. The van der Waals surface area contributed by atoms with Crippen molar-refractivity contribution >= 4 is 38.5 Å². The standard InChI is InChI=1S/C13H11ClN2O2S2/c14-9-2-1-3-10(8-9)15-16-12-4-6-19-13-11(12)5-7-20(13,17)18/h1-4,6,8,15H,5,7H2/b16-12+. The zero-order valence-corrected chi connectivity index (χ0v) is 12.7. The molecular formula is C13H11ClN2O2S2. The van der Waals surface area contributed by atoms with E-state index in [-0.39, 0.29) is 5.75 Å². The summed E-state index contributed by atoms with van der Waals surface area (Å²) in [6.45, 7) is 0. The molecule has 0 saturated heterocycles. The summed E-state index contributed by atoms with van der Waals surface area (Å²) in [4.78, 5) is 0. The lowest BCUT2D eigenvalue weighted by atomic mass is 10.2. The van der Waals surface area contributed by atoms with Crippen molar-refractivity contribution in [3.8, 4) is 0 Å². The molecule has 0 atom stereocenters. The van der Waals surface area contributed by atoms with E-state index in [0.29, 0.717) is 21.0 Å². The highest BCUT2D eigenvalue weighted by Gasteiger charge is 2.27. The van der Waals surface area contributed by atoms with Crippen LogP contribution in [0, 0.1) is 0 Å². The Hall–Kier alpha value is -1.37. The van der Waals surface area contributed by atoms with Gasteiger partial charge in [-0.15, -0.1) is 11.3 Å². The Morgan fingerprint density at radius 2 is 2.15 bits per heavy atom. The molecule has 0 bridgehead atoms. The Labute approximate surface area is 125 Å². The number of anilines is 1. The summed E-state index contributed by atoms with van der Waals surface area (Å²) in [6.07, 6.45) is 0.519. The lowest BCUT2D eigenvalue weighted by Crippen LogP contribution is -2.10. The molecule has 0 saturated carbocycles. The number of hydrogen-bond donors (Lipinski definition) is 1. The Bertz CT molecular complexity index is 828. The van der Waals surface area contributed by atoms with Gasteiger partial charge in [0.1, 0.15) is 4.21 Å². The summed E-state index contributed by atoms with van der Waals surface area (Å²) >= 11 is 7.15. The SMILES string of the molecule is O=S1(=O)CCc2c1scc/c2=N\Nc1cccc(Cl)c1. The number of halogens is 1. The quantitative estimate of drug-likeness (QED) is 0.863. The number of nitrogens with zero attached hydrogens (tertiary/aromatic N) is 1. The van der Waals surface area contributed by atoms with Gasteiger partial charge in [-0.05, 0) is 36.1 Å². The van der Waals surface area contributed by atoms with Gasteiger partial charge in [0.2, 0.25) is 0 Å². The van der Waals surface area contributed by atoms with Crippen LogP contribution in [0.4, 0.5) is 5.69 Å². The summed E-state index contributed by atoms with van der Waals surface area (Å²) in [5.41, 5.74) is 4.47. The number of fused-ring (bicyclic) bond motifs is 1. The number of hydrogen-bond acceptors (Lipinski definition) is 5. The molecule has 0 amide bonds. The highest BCUT2D eigenvalue weighted by atomic mass is 35.5. The van der Waals surface area contributed by atoms with Crippen molar-refractivity contribution < 1.29 is 8.42 Å². The fraction of sp³-hybridized carbons (Fsp3) is 0.154. The maximum atomic E-state index is 11.9. The summed E-state index contributed by atoms with van der Waals surface area (Å²) in [6, 6.07) is 9.02. The molecule has 0 radical (unpaired) electrons. The lowest BCUT2D eigenvalue weighted by molar-refractivity contribution is 0.601. The third-order valence-electron chi connectivity index (χ3n) is 2.99. The van der Waals surface area contributed by atoms with E-state index in [2.05, 4.69) is 10.5 Å². The van der Waals surface area contributed by atoms with E-state index < -0.39 is 9.84 Å². The van der Waals surface area contributed by atoms with Gasteiger partial charge in [0, 0.05) is 10.6 Å². The monoisotopic (exact) mass is 326 g/mol. The first-order chi connectivity index (χ1) is 9.56. The van der Waals surface area contributed by atoms with Crippen molar-refractivity contribution in [2.45, 2.75) is 10.6 Å². The molecule has 0 aliphatic carbocycles. The van der Waals surface area contributed by atoms with Crippen molar-refractivity contribution in [2.75, 3.05) is 11.2 Å². The van der Waals surface area contributed by atoms with Crippen LogP contribution in [-0.4, -0.2) is 14.2 Å². The summed E-state index contributed by atoms with van der Waals surface area (Å²) in [7, 11) is -3.11. The lowest BCUT2D eigenvalue weighted by Gasteiger charge is -2.01. The largest absolute Gasteiger partial charge is 0.278 e. The second kappa shape index (κ2) is 5.20. The molecule has 1 aliphatic heterocycles. The molecule has 0 spiro atoms. The third kappa shape index (κ3) is 2.59. The van der Waals surface area contributed by atoms with E-state index in [9.17, 15) is 8.42 Å². The second-order valence-corrected chi connectivity index (χ2v) is 8.03. The fourth-order valence-corrected chi connectivity index (χ4v) is 5.15. The third-order valence-corrected chi connectivity index (χ3v) is 6.56. The van der Waals surface area contributed by atoms with E-state index in [1.165, 1.54) is 11.3 Å². The van der Waals surface area contributed by atoms with Crippen molar-refractivity contribution in [2.24, 2.45) is 5.10 Å². The molecule has 0 unspecified atom stereocenters. The van der Waals surface area contributed by atoms with Crippen LogP contribution >= 0.6 is 22.9 Å². The van der Waals surface area contributed by atoms with Crippen LogP contribution in [0.1, 0.15) is 5.56 Å². The van der Waals surface area contributed by atoms with E-state index >= 15 is 0 Å². The van der Waals surface area contributed by atoms with Gasteiger partial charge in [0.15, 0.2) is 9.84 Å². The van der Waals surface area contributed by atoms with Crippen LogP contribution in [0.25, 0.3) is 0 Å². The summed E-state index contributed by atoms with van der Waals surface area (Å²) in [5, 5.41) is 7.32. The maximum Gasteiger partial charge on any atom is 0.188 e. The predicted octanol–water partition coefficient (Wildman–Crippen LogP) is 2.66. The number of rotatable bonds is 2. The molecule has 20 heavy (non-hydrogen) atoms. The molecule has 2 heterocycles. The van der Waals surface area contributed by atoms with E-state index in [4.69, 9.17) is 11.6 Å². The molecule has 104 valence electrons. The number of sulfone groups is 1. The molecule has 2 aromatic rings. The maximum absolute atomic E-state index is 11.9. The Balaban J connectivity index is 2.00. The average molecular weight is 327 g/mol. The van der Waals surface area contributed by atoms with Gasteiger partial charge in [0.05, 0.1) is 16.8 Å². The van der Waals surface area contributed by atoms with Crippen molar-refractivity contribution in [1.29, 1.82) is 0 Å². The van der Waals surface area contributed by atoms with Crippen LogP contribution in [0.2, 0.25) is 5.02 Å². The Morgan fingerprint density at radius 1 is 1.30 bits per heavy atom. The van der Waals surface area contributed by atoms with Crippen molar-refractivity contribution in [3.05, 3.63) is 51.7 Å². The molecule has 0 fully saturated rings. The van der Waals surface area contributed by atoms with Gasteiger partial charge in [-0.3, -0.25) is 5.43 Å². The second-order valence-electron chi connectivity index (χ2n) is 4.37. The first kappa shape index (κ1) is 13.6. The molecule has 3 rings (SSSR count). The van der Waals surface area contributed by atoms with Crippen molar-refractivity contribution in [3.63, 3.8) is 0 Å². The highest BCUT2D eigenvalue weighted by molar-refractivity contribution is 7.93. The summed E-state index contributed by atoms with van der Waals surface area (Å²) in [5.74, 6) is 0.169. The van der Waals surface area contributed by atoms with Gasteiger partial charge in [-0.1, -0.05) is 17.7 Å². The molecular weight excluding hydrogens is 316 g/mol. The smallest absolute Gasteiger partial charge is 0.188 e. The van der Waals surface area contributed by atoms with E-state index in [1.807, 2.05) is 18.2 Å². The molecule has 4 nitrogen and oxygen atoms in total. The molecule has 1 aromatic heterocycles. The first-order valence-electron chi connectivity index (χ1n) is 5.95. The van der Waals surface area contributed by atoms with E-state index in [1.54, 1.807) is 17.5 Å². The van der Waals surface area contributed by atoms with Gasteiger partial charge in [-0.2, -0.15) is 5.10 Å². The van der Waals surface area contributed by atoms with Gasteiger partial charge in [-0.25, -0.2) is 8.42 Å². The average Bonchev–Trinajstić information content (AvgIpc) is 2.73. The van der Waals surface area contributed by atoms with Gasteiger partial charge < -0.3 is 0 Å². The van der Waals surface area contributed by atoms with Gasteiger partial charge in [0.25, 0.3) is 0 Å². The fourth-order valence-electron chi connectivity index (χ4n) is 2.04. The molecule has 7 heteroatoms. The summed E-state index contributed by atoms with van der Waals surface area (Å²) < 4.78 is 24.1. The molecule has 1 N–H and O–H groups in total. The number of benzene rings is 1. The minimum Gasteiger partial charge on any atom is -0.278 e. The Morgan fingerprint density at radius 3 is 2.95 bits per heavy atom. The minimum atomic E-state index is -3.11. The predicted molar refractivity (Wildman–Crippen MR) is 80.7 cm³/mol. The normalized spacial score (nSPS) is 16.9. The zero-order chi connectivity index (χ0) is 14.2. The minimum absolute atomic E-state index is 0.169. The molecule has 1 aliphatic rings. The topological polar surface area (TPSA) is 58.5 Å². The zero-order valence-electron chi connectivity index (χ0n) is 10.3.